The average Bonchev–Trinajstić information content (AvgIpc) is 3.41. The van der Waals surface area contributed by atoms with Gasteiger partial charge in [0.2, 0.25) is 10.0 Å². The van der Waals surface area contributed by atoms with E-state index in [4.69, 9.17) is 4.74 Å². The number of amides is 2. The summed E-state index contributed by atoms with van der Waals surface area (Å²) in [5.41, 5.74) is 1.19. The summed E-state index contributed by atoms with van der Waals surface area (Å²) in [6, 6.07) is 15.3. The van der Waals surface area contributed by atoms with Gasteiger partial charge in [-0.25, -0.2) is 13.2 Å². The number of aromatic nitrogens is 3. The predicted octanol–water partition coefficient (Wildman–Crippen LogP) is 5.10. The molecule has 0 spiro atoms. The van der Waals surface area contributed by atoms with E-state index in [0.717, 1.165) is 17.6 Å². The van der Waals surface area contributed by atoms with Crippen molar-refractivity contribution in [3.63, 3.8) is 0 Å². The zero-order valence-electron chi connectivity index (χ0n) is 27.8. The normalized spacial score (nSPS) is 18.1. The molecule has 2 atom stereocenters. The predicted molar refractivity (Wildman–Crippen MR) is 182 cm³/mol. The van der Waals surface area contributed by atoms with Gasteiger partial charge in [-0.2, -0.15) is 0 Å². The number of fused-ring (bicyclic) bond motifs is 2. The third-order valence-electron chi connectivity index (χ3n) is 8.42. The summed E-state index contributed by atoms with van der Waals surface area (Å²) in [5, 5.41) is 14.4. The zero-order chi connectivity index (χ0) is 34.4. The summed E-state index contributed by atoms with van der Waals surface area (Å²) >= 11 is 0. The van der Waals surface area contributed by atoms with E-state index >= 15 is 0 Å². The SMILES string of the molecule is CN(C)C(C)(C)c1nnc2ccc(O[C@@H]3C=C[C@](C=O)(NC(=O)Nc4cc(NS(C)(=O)=O)cc(C(C)(C)C)c4)c4ccccc43)cn12. The van der Waals surface area contributed by atoms with E-state index in [0.29, 0.717) is 40.2 Å². The summed E-state index contributed by atoms with van der Waals surface area (Å²) in [6.45, 7) is 10.1. The smallest absolute Gasteiger partial charge is 0.320 e. The van der Waals surface area contributed by atoms with Crippen molar-refractivity contribution in [1.29, 1.82) is 0 Å². The van der Waals surface area contributed by atoms with Crippen molar-refractivity contribution in [3.8, 4) is 5.75 Å². The molecule has 0 bridgehead atoms. The van der Waals surface area contributed by atoms with Gasteiger partial charge in [0.1, 0.15) is 17.4 Å². The molecule has 0 fully saturated rings. The van der Waals surface area contributed by atoms with Crippen LogP contribution < -0.4 is 20.1 Å². The number of nitrogens with one attached hydrogen (secondary N) is 3. The van der Waals surface area contributed by atoms with E-state index in [-0.39, 0.29) is 5.41 Å². The third-order valence-corrected chi connectivity index (χ3v) is 9.02. The first-order chi connectivity index (χ1) is 21.9. The molecule has 248 valence electrons. The van der Waals surface area contributed by atoms with Crippen LogP contribution in [-0.4, -0.2) is 60.6 Å². The lowest BCUT2D eigenvalue weighted by Gasteiger charge is -2.34. The molecular weight excluding hydrogens is 618 g/mol. The second-order valence-electron chi connectivity index (χ2n) is 13.5. The Bertz CT molecular complexity index is 1980. The number of hydrogen-bond acceptors (Lipinski definition) is 8. The minimum absolute atomic E-state index is 0.310. The molecule has 1 aliphatic rings. The topological polar surface area (TPSA) is 147 Å². The molecule has 2 amide bonds. The Kier molecular flexibility index (Phi) is 8.67. The van der Waals surface area contributed by atoms with Crippen LogP contribution in [0, 0.1) is 0 Å². The lowest BCUT2D eigenvalue weighted by atomic mass is 9.81. The number of sulfonamides is 1. The number of nitrogens with zero attached hydrogens (tertiary/aromatic N) is 4. The summed E-state index contributed by atoms with van der Waals surface area (Å²) in [6.07, 6.45) is 6.39. The molecule has 0 aliphatic heterocycles. The van der Waals surface area contributed by atoms with Crippen LogP contribution in [0.5, 0.6) is 5.75 Å². The first-order valence-corrected chi connectivity index (χ1v) is 17.0. The fourth-order valence-corrected chi connectivity index (χ4v) is 5.91. The summed E-state index contributed by atoms with van der Waals surface area (Å²) in [4.78, 5) is 28.3. The quantitative estimate of drug-likeness (QED) is 0.166. The highest BCUT2D eigenvalue weighted by Crippen LogP contribution is 2.38. The summed E-state index contributed by atoms with van der Waals surface area (Å²) < 4.78 is 34.7. The molecule has 2 heterocycles. The van der Waals surface area contributed by atoms with Crippen LogP contribution in [0.4, 0.5) is 16.2 Å². The van der Waals surface area contributed by atoms with Crippen molar-refractivity contribution in [2.75, 3.05) is 30.4 Å². The first kappa shape index (κ1) is 33.6. The number of urea groups is 1. The molecular formula is C34H41N7O5S. The van der Waals surface area contributed by atoms with Gasteiger partial charge in [0.25, 0.3) is 0 Å². The minimum Gasteiger partial charge on any atom is -0.480 e. The Morgan fingerprint density at radius 3 is 2.38 bits per heavy atom. The van der Waals surface area contributed by atoms with E-state index in [2.05, 4.69) is 44.3 Å². The van der Waals surface area contributed by atoms with Gasteiger partial charge >= 0.3 is 6.03 Å². The Hall–Kier alpha value is -4.75. The van der Waals surface area contributed by atoms with E-state index in [1.807, 2.05) is 69.7 Å². The highest BCUT2D eigenvalue weighted by Gasteiger charge is 2.38. The second-order valence-corrected chi connectivity index (χ2v) is 15.3. The van der Waals surface area contributed by atoms with Gasteiger partial charge < -0.3 is 15.4 Å². The number of pyridine rings is 1. The molecule has 0 unspecified atom stereocenters. The molecule has 0 radical (unpaired) electrons. The Morgan fingerprint density at radius 2 is 1.72 bits per heavy atom. The number of carbonyl (C=O) groups is 2. The van der Waals surface area contributed by atoms with Crippen LogP contribution in [0.15, 0.2) is 72.9 Å². The molecule has 0 saturated heterocycles. The van der Waals surface area contributed by atoms with Gasteiger partial charge in [-0.05, 0) is 87.0 Å². The number of hydrogen-bond donors (Lipinski definition) is 3. The second kappa shape index (κ2) is 12.1. The number of aldehydes is 1. The molecule has 2 aromatic carbocycles. The first-order valence-electron chi connectivity index (χ1n) is 15.1. The van der Waals surface area contributed by atoms with Crippen molar-refractivity contribution < 1.29 is 22.7 Å². The van der Waals surface area contributed by atoms with Crippen LogP contribution >= 0.6 is 0 Å². The Morgan fingerprint density at radius 1 is 1.02 bits per heavy atom. The maximum atomic E-state index is 13.4. The number of anilines is 2. The van der Waals surface area contributed by atoms with Gasteiger partial charge in [-0.1, -0.05) is 45.0 Å². The van der Waals surface area contributed by atoms with Gasteiger partial charge in [-0.15, -0.1) is 10.2 Å². The molecule has 0 saturated carbocycles. The van der Waals surface area contributed by atoms with E-state index in [1.165, 1.54) is 6.07 Å². The van der Waals surface area contributed by atoms with Crippen molar-refractivity contribution in [2.45, 2.75) is 57.2 Å². The number of carbonyl (C=O) groups excluding carboxylic acids is 2. The van der Waals surface area contributed by atoms with E-state index in [9.17, 15) is 18.0 Å². The molecule has 5 rings (SSSR count). The van der Waals surface area contributed by atoms with Gasteiger partial charge in [0.15, 0.2) is 17.8 Å². The lowest BCUT2D eigenvalue weighted by molar-refractivity contribution is -0.111. The van der Waals surface area contributed by atoms with Crippen LogP contribution in [0.1, 0.15) is 63.2 Å². The zero-order valence-corrected chi connectivity index (χ0v) is 28.6. The molecule has 4 aromatic rings. The van der Waals surface area contributed by atoms with Gasteiger partial charge in [0.05, 0.1) is 23.7 Å². The monoisotopic (exact) mass is 659 g/mol. The molecule has 1 aliphatic carbocycles. The fraction of sp³-hybridized carbons (Fsp3) is 0.353. The highest BCUT2D eigenvalue weighted by molar-refractivity contribution is 7.92. The summed E-state index contributed by atoms with van der Waals surface area (Å²) in [7, 11) is 0.405. The Labute approximate surface area is 275 Å². The summed E-state index contributed by atoms with van der Waals surface area (Å²) in [5.74, 6) is 1.32. The van der Waals surface area contributed by atoms with Crippen molar-refractivity contribution in [1.82, 2.24) is 24.8 Å². The van der Waals surface area contributed by atoms with Crippen molar-refractivity contribution >= 4 is 39.4 Å². The van der Waals surface area contributed by atoms with E-state index in [1.54, 1.807) is 36.4 Å². The molecule has 12 nitrogen and oxygen atoms in total. The van der Waals surface area contributed by atoms with Crippen molar-refractivity contribution in [3.05, 3.63) is 95.5 Å². The standard InChI is InChI=1S/C34H41N7O5S/c1-32(2,3)22-17-23(19-24(18-22)39-47(8,44)45)35-31(43)36-34(21-42)16-15-28(26-11-9-10-12-27(26)34)46-25-13-14-29-37-38-30(41(29)20-25)33(4,5)40(6)7/h9-21,28,39H,1-8H3,(H2,35,36,43)/t28-,34-/m1/s1. The largest absolute Gasteiger partial charge is 0.480 e. The average molecular weight is 660 g/mol. The Balaban J connectivity index is 1.42. The van der Waals surface area contributed by atoms with Crippen LogP contribution in [0.3, 0.4) is 0 Å². The van der Waals surface area contributed by atoms with Crippen LogP contribution in [-0.2, 0) is 31.3 Å². The number of benzene rings is 2. The lowest BCUT2D eigenvalue weighted by Crippen LogP contribution is -2.49. The minimum atomic E-state index is -3.56. The maximum Gasteiger partial charge on any atom is 0.320 e. The van der Waals surface area contributed by atoms with E-state index < -0.39 is 33.2 Å². The fourth-order valence-electron chi connectivity index (χ4n) is 5.36. The van der Waals surface area contributed by atoms with Gasteiger partial charge in [-0.3, -0.25) is 18.8 Å². The maximum absolute atomic E-state index is 13.4. The van der Waals surface area contributed by atoms with Crippen molar-refractivity contribution in [2.24, 2.45) is 0 Å². The van der Waals surface area contributed by atoms with Crippen LogP contribution in [0.25, 0.3) is 5.65 Å². The third kappa shape index (κ3) is 7.00. The molecule has 3 N–H and O–H groups in total. The molecule has 2 aromatic heterocycles. The molecule has 13 heteroatoms. The van der Waals surface area contributed by atoms with Gasteiger partial charge in [0, 0.05) is 11.3 Å². The molecule has 47 heavy (non-hydrogen) atoms. The number of ether oxygens (including phenoxy) is 1. The van der Waals surface area contributed by atoms with Crippen LogP contribution in [0.2, 0.25) is 0 Å². The highest BCUT2D eigenvalue weighted by atomic mass is 32.2. The number of rotatable bonds is 9.